The molecular weight excluding hydrogens is 556 g/mol. The van der Waals surface area contributed by atoms with Crippen molar-refractivity contribution in [2.45, 2.75) is 50.5 Å². The van der Waals surface area contributed by atoms with Gasteiger partial charge in [-0.25, -0.2) is 9.50 Å². The van der Waals surface area contributed by atoms with Gasteiger partial charge in [-0.2, -0.15) is 5.26 Å². The third-order valence-electron chi connectivity index (χ3n) is 5.60. The first-order valence-electron chi connectivity index (χ1n) is 9.07. The average molecular weight is 577 g/mol. The van der Waals surface area contributed by atoms with Gasteiger partial charge in [-0.3, -0.25) is 0 Å². The maximum Gasteiger partial charge on any atom is 0.193 e. The minimum atomic E-state index is -0.435. The first-order chi connectivity index (χ1) is 12.6. The van der Waals surface area contributed by atoms with E-state index in [-0.39, 0.29) is 6.04 Å². The summed E-state index contributed by atoms with van der Waals surface area (Å²) in [6.45, 7) is 4.40. The number of hydrogen-bond donors (Lipinski definition) is 0. The maximum atomic E-state index is 10.2. The largest absolute Gasteiger partial charge is 0.377 e. The Labute approximate surface area is 180 Å². The van der Waals surface area contributed by atoms with Crippen LogP contribution in [0.15, 0.2) is 6.07 Å². The number of nitriles is 1. The van der Waals surface area contributed by atoms with Crippen LogP contribution in [0.2, 0.25) is 0 Å². The molecule has 0 amide bonds. The molecule has 0 N–H and O–H groups in total. The van der Waals surface area contributed by atoms with Gasteiger partial charge in [0.1, 0.15) is 15.0 Å². The zero-order chi connectivity index (χ0) is 18.3. The zero-order valence-electron chi connectivity index (χ0n) is 14.7. The number of morpholine rings is 1. The number of halogens is 2. The molecule has 0 unspecified atom stereocenters. The minimum Gasteiger partial charge on any atom is -0.377 e. The normalized spacial score (nSPS) is 23.2. The van der Waals surface area contributed by atoms with Crippen molar-refractivity contribution in [3.05, 3.63) is 19.2 Å². The Hall–Kier alpha value is -0.670. The Morgan fingerprint density at radius 1 is 1.31 bits per heavy atom. The van der Waals surface area contributed by atoms with Crippen LogP contribution in [0.4, 0.5) is 5.82 Å². The maximum absolute atomic E-state index is 10.2. The molecule has 26 heavy (non-hydrogen) atoms. The number of fused-ring (bicyclic) bond motifs is 1. The predicted octanol–water partition coefficient (Wildman–Crippen LogP) is 3.89. The van der Waals surface area contributed by atoms with Crippen LogP contribution >= 0.6 is 45.2 Å². The van der Waals surface area contributed by atoms with Gasteiger partial charge in [-0.05, 0) is 48.4 Å². The topological polar surface area (TPSA) is 66.5 Å². The van der Waals surface area contributed by atoms with E-state index in [0.29, 0.717) is 13.2 Å². The monoisotopic (exact) mass is 577 g/mol. The van der Waals surface area contributed by atoms with Crippen molar-refractivity contribution in [2.24, 2.45) is 0 Å². The molecule has 138 valence electrons. The van der Waals surface area contributed by atoms with Gasteiger partial charge >= 0.3 is 0 Å². The molecule has 2 aromatic heterocycles. The molecule has 2 aromatic rings. The van der Waals surface area contributed by atoms with Crippen LogP contribution in [-0.4, -0.2) is 40.4 Å². The van der Waals surface area contributed by atoms with Gasteiger partial charge in [-0.1, -0.05) is 19.3 Å². The highest BCUT2D eigenvalue weighted by Gasteiger charge is 2.38. The van der Waals surface area contributed by atoms with Crippen LogP contribution in [0.5, 0.6) is 0 Å². The smallest absolute Gasteiger partial charge is 0.193 e. The fourth-order valence-corrected chi connectivity index (χ4v) is 5.97. The number of anilines is 1. The molecule has 2 fully saturated rings. The van der Waals surface area contributed by atoms with Crippen LogP contribution in [0.25, 0.3) is 5.52 Å². The lowest BCUT2D eigenvalue weighted by molar-refractivity contribution is 0.0984. The SMILES string of the molecule is C[C@@H]1COCCN1c1cc(C2(C#N)CCCCC2)c2c(I)nc(I)n2n1. The van der Waals surface area contributed by atoms with Crippen LogP contribution < -0.4 is 4.90 Å². The summed E-state index contributed by atoms with van der Waals surface area (Å²) >= 11 is 4.51. The number of rotatable bonds is 2. The van der Waals surface area contributed by atoms with E-state index in [1.807, 2.05) is 4.52 Å². The minimum absolute atomic E-state index is 0.270. The molecule has 6 nitrogen and oxygen atoms in total. The molecular formula is C18H21I2N5O. The third kappa shape index (κ3) is 3.09. The van der Waals surface area contributed by atoms with Gasteiger partial charge in [0.25, 0.3) is 0 Å². The Kier molecular flexibility index (Phi) is 5.31. The standard InChI is InChI=1S/C18H21I2N5O/c1-12-10-26-8-7-24(12)14-9-13(18(11-21)5-3-2-4-6-18)15-16(19)22-17(20)25(15)23-14/h9,12H,2-8,10H2,1H3/t12-/m1/s1. The van der Waals surface area contributed by atoms with Gasteiger partial charge in [0, 0.05) is 34.7 Å². The molecule has 0 spiro atoms. The summed E-state index contributed by atoms with van der Waals surface area (Å²) in [4.78, 5) is 6.93. The molecule has 0 bridgehead atoms. The van der Waals surface area contributed by atoms with E-state index in [9.17, 15) is 5.26 Å². The molecule has 0 radical (unpaired) electrons. The lowest BCUT2D eigenvalue weighted by atomic mass is 9.70. The quantitative estimate of drug-likeness (QED) is 0.508. The lowest BCUT2D eigenvalue weighted by Crippen LogP contribution is -2.44. The average Bonchev–Trinajstić information content (AvgIpc) is 2.96. The number of imidazole rings is 1. The second-order valence-electron chi connectivity index (χ2n) is 7.22. The Morgan fingerprint density at radius 2 is 2.08 bits per heavy atom. The summed E-state index contributed by atoms with van der Waals surface area (Å²) in [5.41, 5.74) is 1.67. The molecule has 1 aliphatic heterocycles. The number of hydrogen-bond acceptors (Lipinski definition) is 5. The molecule has 0 aromatic carbocycles. The second-order valence-corrected chi connectivity index (χ2v) is 9.21. The fourth-order valence-electron chi connectivity index (χ4n) is 4.18. The fraction of sp³-hybridized carbons (Fsp3) is 0.611. The van der Waals surface area contributed by atoms with Crippen molar-refractivity contribution in [2.75, 3.05) is 24.7 Å². The van der Waals surface area contributed by atoms with E-state index in [0.717, 1.165) is 56.7 Å². The molecule has 3 heterocycles. The molecule has 4 rings (SSSR count). The molecule has 1 atom stereocenters. The summed E-state index contributed by atoms with van der Waals surface area (Å²) < 4.78 is 9.30. The molecule has 1 saturated heterocycles. The lowest BCUT2D eigenvalue weighted by Gasteiger charge is -2.36. The molecule has 1 saturated carbocycles. The summed E-state index contributed by atoms with van der Waals surface area (Å²) in [5, 5.41) is 15.1. The van der Waals surface area contributed by atoms with Crippen LogP contribution in [0, 0.1) is 18.9 Å². The number of ether oxygens (including phenoxy) is 1. The molecule has 2 aliphatic rings. The van der Waals surface area contributed by atoms with E-state index in [1.165, 1.54) is 6.42 Å². The van der Waals surface area contributed by atoms with E-state index in [2.05, 4.69) is 74.1 Å². The number of nitrogens with zero attached hydrogens (tertiary/aromatic N) is 5. The molecule has 8 heteroatoms. The van der Waals surface area contributed by atoms with Crippen molar-refractivity contribution in [3.63, 3.8) is 0 Å². The van der Waals surface area contributed by atoms with Gasteiger partial charge in [0.2, 0.25) is 0 Å². The summed E-state index contributed by atoms with van der Waals surface area (Å²) in [5.74, 6) is 0.926. The van der Waals surface area contributed by atoms with Gasteiger partial charge in [0.05, 0.1) is 30.7 Å². The van der Waals surface area contributed by atoms with Crippen LogP contribution in [0.3, 0.4) is 0 Å². The third-order valence-corrected chi connectivity index (χ3v) is 7.05. The molecule has 1 aliphatic carbocycles. The van der Waals surface area contributed by atoms with Crippen molar-refractivity contribution in [1.82, 2.24) is 14.6 Å². The van der Waals surface area contributed by atoms with Crippen molar-refractivity contribution < 1.29 is 4.74 Å². The first kappa shape index (κ1) is 18.7. The summed E-state index contributed by atoms with van der Waals surface area (Å²) in [7, 11) is 0. The highest BCUT2D eigenvalue weighted by Crippen LogP contribution is 2.42. The summed E-state index contributed by atoms with van der Waals surface area (Å²) in [6, 6.07) is 5.11. The Morgan fingerprint density at radius 3 is 2.77 bits per heavy atom. The number of aromatic nitrogens is 3. The second kappa shape index (κ2) is 7.39. The van der Waals surface area contributed by atoms with E-state index in [4.69, 9.17) is 9.84 Å². The summed E-state index contributed by atoms with van der Waals surface area (Å²) in [6.07, 6.45) is 5.25. The van der Waals surface area contributed by atoms with E-state index < -0.39 is 5.41 Å². The highest BCUT2D eigenvalue weighted by atomic mass is 127. The van der Waals surface area contributed by atoms with Gasteiger partial charge < -0.3 is 9.64 Å². The zero-order valence-corrected chi connectivity index (χ0v) is 19.0. The first-order valence-corrected chi connectivity index (χ1v) is 11.2. The van der Waals surface area contributed by atoms with Gasteiger partial charge in [-0.15, -0.1) is 5.10 Å². The van der Waals surface area contributed by atoms with Crippen molar-refractivity contribution in [1.29, 1.82) is 5.26 Å². The van der Waals surface area contributed by atoms with Crippen molar-refractivity contribution >= 4 is 56.5 Å². The van der Waals surface area contributed by atoms with Crippen LogP contribution in [-0.2, 0) is 10.2 Å². The van der Waals surface area contributed by atoms with Crippen molar-refractivity contribution in [3.8, 4) is 6.07 Å². The van der Waals surface area contributed by atoms with Gasteiger partial charge in [0.15, 0.2) is 3.83 Å². The van der Waals surface area contributed by atoms with Crippen LogP contribution in [0.1, 0.15) is 44.6 Å². The van der Waals surface area contributed by atoms with E-state index in [1.54, 1.807) is 0 Å². The highest BCUT2D eigenvalue weighted by molar-refractivity contribution is 14.1. The van der Waals surface area contributed by atoms with E-state index >= 15 is 0 Å². The predicted molar refractivity (Wildman–Crippen MR) is 116 cm³/mol. The Bertz CT molecular complexity index is 869. The Balaban J connectivity index is 1.94.